The number of nitrogens with one attached hydrogen (secondary N) is 2. The van der Waals surface area contributed by atoms with Crippen LogP contribution in [0.5, 0.6) is 5.75 Å². The van der Waals surface area contributed by atoms with E-state index in [0.29, 0.717) is 6.42 Å². The van der Waals surface area contributed by atoms with Gasteiger partial charge < -0.3 is 15.4 Å². The molecule has 0 aliphatic carbocycles. The highest BCUT2D eigenvalue weighted by molar-refractivity contribution is 5.77. The molecule has 98 valence electrons. The molecule has 1 aliphatic rings. The van der Waals surface area contributed by atoms with Gasteiger partial charge in [-0.1, -0.05) is 6.07 Å². The van der Waals surface area contributed by atoms with E-state index < -0.39 is 0 Å². The van der Waals surface area contributed by atoms with Crippen molar-refractivity contribution in [3.05, 3.63) is 23.8 Å². The maximum absolute atomic E-state index is 11.5. The number of amides is 1. The van der Waals surface area contributed by atoms with Gasteiger partial charge in [-0.15, -0.1) is 0 Å². The molecule has 1 heterocycles. The lowest BCUT2D eigenvalue weighted by Crippen LogP contribution is -2.26. The Morgan fingerprint density at radius 2 is 2.28 bits per heavy atom. The van der Waals surface area contributed by atoms with Gasteiger partial charge in [-0.05, 0) is 37.5 Å². The Kier molecular flexibility index (Phi) is 4.07. The van der Waals surface area contributed by atoms with Gasteiger partial charge in [0.1, 0.15) is 5.75 Å². The molecule has 0 bridgehead atoms. The van der Waals surface area contributed by atoms with Crippen molar-refractivity contribution >= 4 is 11.6 Å². The molecule has 2 N–H and O–H groups in total. The molecule has 1 aliphatic heterocycles. The van der Waals surface area contributed by atoms with Gasteiger partial charge in [0.2, 0.25) is 5.91 Å². The topological polar surface area (TPSA) is 50.4 Å². The Bertz CT molecular complexity index is 432. The summed E-state index contributed by atoms with van der Waals surface area (Å²) < 4.78 is 5.36. The Hall–Kier alpha value is -1.71. The number of hydrogen-bond acceptors (Lipinski definition) is 3. The average molecular weight is 248 g/mol. The van der Waals surface area contributed by atoms with Gasteiger partial charge >= 0.3 is 0 Å². The number of ether oxygens (including phenoxy) is 1. The van der Waals surface area contributed by atoms with Crippen LogP contribution in [0, 0.1) is 6.92 Å². The summed E-state index contributed by atoms with van der Waals surface area (Å²) in [6.07, 6.45) is 2.53. The fourth-order valence-electron chi connectivity index (χ4n) is 2.24. The first-order valence-electron chi connectivity index (χ1n) is 6.37. The maximum Gasteiger partial charge on any atom is 0.222 e. The summed E-state index contributed by atoms with van der Waals surface area (Å²) in [5.74, 6) is 0.954. The molecule has 1 fully saturated rings. The summed E-state index contributed by atoms with van der Waals surface area (Å²) in [6.45, 7) is 2.81. The van der Waals surface area contributed by atoms with E-state index in [9.17, 15) is 4.79 Å². The largest absolute Gasteiger partial charge is 0.495 e. The molecule has 4 nitrogen and oxygen atoms in total. The Morgan fingerprint density at radius 3 is 3.06 bits per heavy atom. The number of benzene rings is 1. The van der Waals surface area contributed by atoms with Crippen LogP contribution in [0.2, 0.25) is 0 Å². The zero-order valence-electron chi connectivity index (χ0n) is 11.0. The molecule has 1 amide bonds. The molecule has 0 aromatic heterocycles. The summed E-state index contributed by atoms with van der Waals surface area (Å²) in [4.78, 5) is 11.5. The van der Waals surface area contributed by atoms with E-state index in [2.05, 4.69) is 10.6 Å². The quantitative estimate of drug-likeness (QED) is 0.861. The van der Waals surface area contributed by atoms with E-state index in [1.807, 2.05) is 25.1 Å². The molecular weight excluding hydrogens is 228 g/mol. The smallest absolute Gasteiger partial charge is 0.222 e. The second-order valence-corrected chi connectivity index (χ2v) is 4.74. The molecule has 1 aromatic carbocycles. The van der Waals surface area contributed by atoms with Crippen LogP contribution in [-0.4, -0.2) is 25.6 Å². The molecule has 0 saturated carbocycles. The van der Waals surface area contributed by atoms with Crippen molar-refractivity contribution in [2.24, 2.45) is 0 Å². The van der Waals surface area contributed by atoms with Crippen LogP contribution in [0.3, 0.4) is 0 Å². The second kappa shape index (κ2) is 5.76. The SMILES string of the molecule is COc1cc(C)ccc1NC1CCCNC(=O)C1. The number of carbonyl (C=O) groups is 1. The third-order valence-corrected chi connectivity index (χ3v) is 3.20. The molecule has 1 unspecified atom stereocenters. The summed E-state index contributed by atoms with van der Waals surface area (Å²) in [5, 5.41) is 6.30. The minimum absolute atomic E-state index is 0.121. The minimum Gasteiger partial charge on any atom is -0.495 e. The standard InChI is InChI=1S/C14H20N2O2/c1-10-5-6-12(13(8-10)18-2)16-11-4-3-7-15-14(17)9-11/h5-6,8,11,16H,3-4,7,9H2,1-2H3,(H,15,17). The van der Waals surface area contributed by atoms with Crippen molar-refractivity contribution in [3.63, 3.8) is 0 Å². The van der Waals surface area contributed by atoms with Gasteiger partial charge in [0, 0.05) is 19.0 Å². The van der Waals surface area contributed by atoms with E-state index in [0.717, 1.165) is 36.4 Å². The van der Waals surface area contributed by atoms with Crippen molar-refractivity contribution in [2.45, 2.75) is 32.2 Å². The number of methoxy groups -OCH3 is 1. The lowest BCUT2D eigenvalue weighted by atomic mass is 10.1. The monoisotopic (exact) mass is 248 g/mol. The lowest BCUT2D eigenvalue weighted by Gasteiger charge is -2.19. The van der Waals surface area contributed by atoms with Crippen molar-refractivity contribution < 1.29 is 9.53 Å². The zero-order chi connectivity index (χ0) is 13.0. The molecule has 4 heteroatoms. The number of rotatable bonds is 3. The Labute approximate surface area is 108 Å². The molecule has 1 atom stereocenters. The van der Waals surface area contributed by atoms with Crippen molar-refractivity contribution in [1.29, 1.82) is 0 Å². The van der Waals surface area contributed by atoms with Crippen LogP contribution < -0.4 is 15.4 Å². The highest BCUT2D eigenvalue weighted by Crippen LogP contribution is 2.27. The fraction of sp³-hybridized carbons (Fsp3) is 0.500. The van der Waals surface area contributed by atoms with Crippen LogP contribution in [0.1, 0.15) is 24.8 Å². The third kappa shape index (κ3) is 3.15. The normalized spacial score (nSPS) is 19.9. The average Bonchev–Trinajstić information content (AvgIpc) is 2.56. The Morgan fingerprint density at radius 1 is 1.44 bits per heavy atom. The highest BCUT2D eigenvalue weighted by Gasteiger charge is 2.18. The van der Waals surface area contributed by atoms with Crippen molar-refractivity contribution in [1.82, 2.24) is 5.32 Å². The van der Waals surface area contributed by atoms with Gasteiger partial charge in [0.25, 0.3) is 0 Å². The third-order valence-electron chi connectivity index (χ3n) is 3.20. The summed E-state index contributed by atoms with van der Waals surface area (Å²) in [6, 6.07) is 6.24. The van der Waals surface area contributed by atoms with E-state index in [-0.39, 0.29) is 11.9 Å². The number of hydrogen-bond donors (Lipinski definition) is 2. The van der Waals surface area contributed by atoms with Crippen LogP contribution in [0.15, 0.2) is 18.2 Å². The lowest BCUT2D eigenvalue weighted by molar-refractivity contribution is -0.120. The highest BCUT2D eigenvalue weighted by atomic mass is 16.5. The first-order valence-corrected chi connectivity index (χ1v) is 6.37. The van der Waals surface area contributed by atoms with E-state index in [4.69, 9.17) is 4.74 Å². The maximum atomic E-state index is 11.5. The molecule has 1 saturated heterocycles. The predicted molar refractivity (Wildman–Crippen MR) is 72.0 cm³/mol. The number of aryl methyl sites for hydroxylation is 1. The fourth-order valence-corrected chi connectivity index (χ4v) is 2.24. The van der Waals surface area contributed by atoms with Crippen molar-refractivity contribution in [2.75, 3.05) is 19.0 Å². The minimum atomic E-state index is 0.121. The number of carbonyl (C=O) groups excluding carboxylic acids is 1. The second-order valence-electron chi connectivity index (χ2n) is 4.74. The summed E-state index contributed by atoms with van der Waals surface area (Å²) in [7, 11) is 1.67. The van der Waals surface area contributed by atoms with Gasteiger partial charge in [-0.3, -0.25) is 4.79 Å². The zero-order valence-corrected chi connectivity index (χ0v) is 11.0. The van der Waals surface area contributed by atoms with Gasteiger partial charge in [-0.2, -0.15) is 0 Å². The Balaban J connectivity index is 2.10. The van der Waals surface area contributed by atoms with Crippen LogP contribution in [0.25, 0.3) is 0 Å². The van der Waals surface area contributed by atoms with Crippen LogP contribution in [0.4, 0.5) is 5.69 Å². The molecule has 1 aromatic rings. The molecule has 0 spiro atoms. The van der Waals surface area contributed by atoms with E-state index >= 15 is 0 Å². The number of anilines is 1. The predicted octanol–water partition coefficient (Wildman–Crippen LogP) is 2.08. The molecular formula is C14H20N2O2. The van der Waals surface area contributed by atoms with Gasteiger partial charge in [0.05, 0.1) is 12.8 Å². The molecule has 18 heavy (non-hydrogen) atoms. The van der Waals surface area contributed by atoms with Crippen molar-refractivity contribution in [3.8, 4) is 5.75 Å². The summed E-state index contributed by atoms with van der Waals surface area (Å²) in [5.41, 5.74) is 2.12. The first-order chi connectivity index (χ1) is 8.69. The summed E-state index contributed by atoms with van der Waals surface area (Å²) >= 11 is 0. The van der Waals surface area contributed by atoms with Crippen LogP contribution >= 0.6 is 0 Å². The van der Waals surface area contributed by atoms with E-state index in [1.165, 1.54) is 0 Å². The molecule has 0 radical (unpaired) electrons. The first kappa shape index (κ1) is 12.7. The molecule has 2 rings (SSSR count). The van der Waals surface area contributed by atoms with Crippen LogP contribution in [-0.2, 0) is 4.79 Å². The van der Waals surface area contributed by atoms with E-state index in [1.54, 1.807) is 7.11 Å². The van der Waals surface area contributed by atoms with Gasteiger partial charge in [-0.25, -0.2) is 0 Å². The van der Waals surface area contributed by atoms with Gasteiger partial charge in [0.15, 0.2) is 0 Å².